The zero-order valence-electron chi connectivity index (χ0n) is 10.8. The smallest absolute Gasteiger partial charge is 0.228 e. The maximum Gasteiger partial charge on any atom is 0.228 e. The van der Waals surface area contributed by atoms with Crippen LogP contribution in [0.5, 0.6) is 0 Å². The van der Waals surface area contributed by atoms with Gasteiger partial charge in [0, 0.05) is 4.88 Å². The van der Waals surface area contributed by atoms with Crippen LogP contribution in [0.25, 0.3) is 0 Å². The second-order valence-corrected chi connectivity index (χ2v) is 5.75. The lowest BCUT2D eigenvalue weighted by atomic mass is 10.2. The number of halogens is 1. The van der Waals surface area contributed by atoms with E-state index in [-0.39, 0.29) is 17.4 Å². The van der Waals surface area contributed by atoms with Gasteiger partial charge in [0.15, 0.2) is 5.82 Å². The number of rotatable bonds is 5. The van der Waals surface area contributed by atoms with E-state index >= 15 is 0 Å². The van der Waals surface area contributed by atoms with Gasteiger partial charge < -0.3 is 11.1 Å². The van der Waals surface area contributed by atoms with Crippen molar-refractivity contribution in [3.8, 4) is 0 Å². The molecule has 2 aromatic rings. The number of nitrogens with zero attached hydrogens (tertiary/aromatic N) is 3. The molecule has 0 aliphatic rings. The number of nitrogen functional groups attached to an aromatic ring is 1. The highest BCUT2D eigenvalue weighted by atomic mass is 35.5. The fourth-order valence-electron chi connectivity index (χ4n) is 1.67. The average Bonchev–Trinajstić information content (AvgIpc) is 2.89. The van der Waals surface area contributed by atoms with Gasteiger partial charge in [0.05, 0.1) is 11.4 Å². The van der Waals surface area contributed by atoms with Crippen LogP contribution in [-0.4, -0.2) is 15.0 Å². The minimum Gasteiger partial charge on any atom is -0.368 e. The van der Waals surface area contributed by atoms with E-state index in [1.807, 2.05) is 11.4 Å². The second kappa shape index (κ2) is 6.16. The highest BCUT2D eigenvalue weighted by Crippen LogP contribution is 2.25. The summed E-state index contributed by atoms with van der Waals surface area (Å²) < 4.78 is 0. The van der Waals surface area contributed by atoms with Crippen LogP contribution in [0.3, 0.4) is 0 Å². The molecule has 7 heteroatoms. The SMILES string of the molecule is CCC(Nc1nc(N)nc(C(C)Cl)n1)c1cccs1. The van der Waals surface area contributed by atoms with Crippen molar-refractivity contribution in [1.82, 2.24) is 15.0 Å². The Hall–Kier alpha value is -1.40. The van der Waals surface area contributed by atoms with Crippen molar-refractivity contribution in [3.05, 3.63) is 28.2 Å². The lowest BCUT2D eigenvalue weighted by Gasteiger charge is -2.16. The second-order valence-electron chi connectivity index (χ2n) is 4.11. The quantitative estimate of drug-likeness (QED) is 0.827. The van der Waals surface area contributed by atoms with Gasteiger partial charge in [-0.25, -0.2) is 0 Å². The minimum atomic E-state index is -0.298. The molecule has 19 heavy (non-hydrogen) atoms. The fraction of sp³-hybridized carbons (Fsp3) is 0.417. The molecule has 0 aliphatic heterocycles. The Morgan fingerprint density at radius 1 is 1.42 bits per heavy atom. The highest BCUT2D eigenvalue weighted by molar-refractivity contribution is 7.10. The van der Waals surface area contributed by atoms with Gasteiger partial charge in [-0.2, -0.15) is 15.0 Å². The topological polar surface area (TPSA) is 76.7 Å². The molecule has 0 aromatic carbocycles. The largest absolute Gasteiger partial charge is 0.368 e. The molecule has 0 radical (unpaired) electrons. The Kier molecular flexibility index (Phi) is 4.55. The molecule has 0 bridgehead atoms. The first-order valence-electron chi connectivity index (χ1n) is 6.05. The van der Waals surface area contributed by atoms with E-state index in [9.17, 15) is 0 Å². The number of hydrogen-bond donors (Lipinski definition) is 2. The van der Waals surface area contributed by atoms with Gasteiger partial charge in [-0.3, -0.25) is 0 Å². The van der Waals surface area contributed by atoms with Gasteiger partial charge in [0.2, 0.25) is 11.9 Å². The minimum absolute atomic E-state index is 0.167. The first-order valence-corrected chi connectivity index (χ1v) is 7.37. The Balaban J connectivity index is 2.22. The van der Waals surface area contributed by atoms with Crippen molar-refractivity contribution in [1.29, 1.82) is 0 Å². The van der Waals surface area contributed by atoms with Gasteiger partial charge in [0.25, 0.3) is 0 Å². The Labute approximate surface area is 121 Å². The number of aromatic nitrogens is 3. The summed E-state index contributed by atoms with van der Waals surface area (Å²) in [5.74, 6) is 1.13. The monoisotopic (exact) mass is 297 g/mol. The van der Waals surface area contributed by atoms with Crippen LogP contribution < -0.4 is 11.1 Å². The Bertz CT molecular complexity index is 529. The molecule has 0 fully saturated rings. The molecule has 3 N–H and O–H groups in total. The predicted octanol–water partition coefficient (Wildman–Crippen LogP) is 3.38. The van der Waals surface area contributed by atoms with Crippen LogP contribution in [0.15, 0.2) is 17.5 Å². The van der Waals surface area contributed by atoms with Crippen LogP contribution in [0.1, 0.15) is 42.4 Å². The van der Waals surface area contributed by atoms with Crippen LogP contribution in [0.2, 0.25) is 0 Å². The first kappa shape index (κ1) is 14.0. The van der Waals surface area contributed by atoms with Crippen molar-refractivity contribution < 1.29 is 0 Å². The maximum atomic E-state index is 5.98. The van der Waals surface area contributed by atoms with Gasteiger partial charge in [0.1, 0.15) is 0 Å². The molecule has 2 heterocycles. The van der Waals surface area contributed by atoms with E-state index in [0.29, 0.717) is 11.8 Å². The zero-order chi connectivity index (χ0) is 13.8. The Morgan fingerprint density at radius 3 is 2.79 bits per heavy atom. The van der Waals surface area contributed by atoms with Crippen molar-refractivity contribution in [2.24, 2.45) is 0 Å². The summed E-state index contributed by atoms with van der Waals surface area (Å²) in [6.45, 7) is 3.91. The van der Waals surface area contributed by atoms with Gasteiger partial charge in [-0.05, 0) is 24.8 Å². The number of hydrogen-bond acceptors (Lipinski definition) is 6. The molecule has 2 atom stereocenters. The first-order chi connectivity index (χ1) is 9.10. The molecular formula is C12H16ClN5S. The van der Waals surface area contributed by atoms with E-state index in [4.69, 9.17) is 17.3 Å². The Morgan fingerprint density at radius 2 is 2.21 bits per heavy atom. The molecule has 102 valence electrons. The summed E-state index contributed by atoms with van der Waals surface area (Å²) in [5, 5.41) is 5.03. The number of anilines is 2. The summed E-state index contributed by atoms with van der Waals surface area (Å²) in [5.41, 5.74) is 5.67. The molecular weight excluding hydrogens is 282 g/mol. The van der Waals surface area contributed by atoms with Crippen LogP contribution in [0.4, 0.5) is 11.9 Å². The van der Waals surface area contributed by atoms with Crippen molar-refractivity contribution in [3.63, 3.8) is 0 Å². The molecule has 0 aliphatic carbocycles. The summed E-state index contributed by atoms with van der Waals surface area (Å²) in [6, 6.07) is 4.28. The summed E-state index contributed by atoms with van der Waals surface area (Å²) in [6.07, 6.45) is 0.928. The molecule has 2 rings (SSSR count). The van der Waals surface area contributed by atoms with Gasteiger partial charge in [-0.15, -0.1) is 22.9 Å². The van der Waals surface area contributed by atoms with E-state index < -0.39 is 0 Å². The number of alkyl halides is 1. The van der Waals surface area contributed by atoms with Crippen LogP contribution in [0, 0.1) is 0 Å². The molecule has 2 unspecified atom stereocenters. The standard InChI is InChI=1S/C12H16ClN5S/c1-3-8(9-5-4-6-19-9)15-12-17-10(7(2)13)16-11(14)18-12/h4-8H,3H2,1-2H3,(H3,14,15,16,17,18). The maximum absolute atomic E-state index is 5.98. The molecule has 0 saturated carbocycles. The van der Waals surface area contributed by atoms with Crippen LogP contribution >= 0.6 is 22.9 Å². The molecule has 0 spiro atoms. The molecule has 0 amide bonds. The molecule has 2 aromatic heterocycles. The summed E-state index contributed by atoms with van der Waals surface area (Å²) >= 11 is 7.68. The number of nitrogens with one attached hydrogen (secondary N) is 1. The zero-order valence-corrected chi connectivity index (χ0v) is 12.4. The van der Waals surface area contributed by atoms with E-state index in [2.05, 4.69) is 33.3 Å². The van der Waals surface area contributed by atoms with Gasteiger partial charge in [-0.1, -0.05) is 13.0 Å². The number of nitrogens with two attached hydrogens (primary N) is 1. The van der Waals surface area contributed by atoms with Crippen molar-refractivity contribution >= 4 is 34.8 Å². The lowest BCUT2D eigenvalue weighted by Crippen LogP contribution is -2.14. The van der Waals surface area contributed by atoms with Gasteiger partial charge >= 0.3 is 0 Å². The summed E-state index contributed by atoms with van der Waals surface area (Å²) in [4.78, 5) is 13.6. The van der Waals surface area contributed by atoms with Crippen molar-refractivity contribution in [2.75, 3.05) is 11.1 Å². The van der Waals surface area contributed by atoms with Crippen LogP contribution in [-0.2, 0) is 0 Å². The van der Waals surface area contributed by atoms with E-state index in [1.54, 1.807) is 18.3 Å². The van der Waals surface area contributed by atoms with E-state index in [0.717, 1.165) is 6.42 Å². The average molecular weight is 298 g/mol. The normalized spacial score (nSPS) is 14.1. The van der Waals surface area contributed by atoms with Crippen molar-refractivity contribution in [2.45, 2.75) is 31.7 Å². The predicted molar refractivity (Wildman–Crippen MR) is 79.5 cm³/mol. The number of thiophene rings is 1. The highest BCUT2D eigenvalue weighted by Gasteiger charge is 2.14. The fourth-order valence-corrected chi connectivity index (χ4v) is 2.63. The third-order valence-electron chi connectivity index (χ3n) is 2.62. The lowest BCUT2D eigenvalue weighted by molar-refractivity contribution is 0.744. The van der Waals surface area contributed by atoms with E-state index in [1.165, 1.54) is 4.88 Å². The third kappa shape index (κ3) is 3.54. The third-order valence-corrected chi connectivity index (χ3v) is 3.81. The molecule has 0 saturated heterocycles. The molecule has 5 nitrogen and oxygen atoms in total. The summed E-state index contributed by atoms with van der Waals surface area (Å²) in [7, 11) is 0.